The molecule has 57 heavy (non-hydrogen) atoms. The summed E-state index contributed by atoms with van der Waals surface area (Å²) < 4.78 is 10.8. The molecule has 0 rings (SSSR count). The molecular weight excluding hydrogens is 721 g/mol. The molecule has 10 heteroatoms. The Hall–Kier alpha value is -1.43. The maximum absolute atomic E-state index is 11.4. The molecule has 0 fully saturated rings. The fourth-order valence-corrected chi connectivity index (χ4v) is 5.22. The van der Waals surface area contributed by atoms with Crippen LogP contribution in [0.5, 0.6) is 0 Å². The van der Waals surface area contributed by atoms with Gasteiger partial charge in [0.05, 0.1) is 5.60 Å². The van der Waals surface area contributed by atoms with Crippen LogP contribution in [0, 0.1) is 17.8 Å². The summed E-state index contributed by atoms with van der Waals surface area (Å²) in [5.41, 5.74) is -0.700. The number of hydrogen-bond acceptors (Lipinski definition) is 9. The van der Waals surface area contributed by atoms with Crippen molar-refractivity contribution in [3.8, 4) is 0 Å². The number of carbonyl (C=O) groups excluding carboxylic acids is 3. The molecular formula is C47H102N2O8. The van der Waals surface area contributed by atoms with Gasteiger partial charge in [-0.15, -0.1) is 0 Å². The number of ether oxygens (including phenoxy) is 2. The maximum atomic E-state index is 11.4. The summed E-state index contributed by atoms with van der Waals surface area (Å²) in [5.74, 6) is 1.37. The lowest BCUT2D eigenvalue weighted by molar-refractivity contribution is -0.132. The normalized spacial score (nSPS) is 11.4. The number of nitrogens with one attached hydrogen (secondary N) is 1. The fraction of sp³-hybridized carbons (Fsp3) is 0.936. The topological polar surface area (TPSA) is 146 Å². The molecule has 0 saturated heterocycles. The summed E-state index contributed by atoms with van der Waals surface area (Å²) in [6.07, 6.45) is 26.3. The Morgan fingerprint density at radius 3 is 1.75 bits per heavy atom. The zero-order chi connectivity index (χ0) is 45.0. The molecule has 10 nitrogen and oxygen atoms in total. The highest BCUT2D eigenvalue weighted by Gasteiger charge is 2.14. The van der Waals surface area contributed by atoms with Crippen LogP contribution < -0.4 is 5.32 Å². The van der Waals surface area contributed by atoms with Gasteiger partial charge in [-0.25, -0.2) is 0 Å². The number of aldehydes is 2. The van der Waals surface area contributed by atoms with Crippen LogP contribution in [0.25, 0.3) is 0 Å². The van der Waals surface area contributed by atoms with E-state index in [1.807, 2.05) is 20.8 Å². The summed E-state index contributed by atoms with van der Waals surface area (Å²) in [7, 11) is 6.43. The van der Waals surface area contributed by atoms with Gasteiger partial charge in [-0.3, -0.25) is 4.79 Å². The van der Waals surface area contributed by atoms with E-state index in [1.165, 1.54) is 114 Å². The van der Waals surface area contributed by atoms with Crippen LogP contribution in [0.4, 0.5) is 0 Å². The van der Waals surface area contributed by atoms with Crippen LogP contribution in [0.2, 0.25) is 0 Å². The summed E-state index contributed by atoms with van der Waals surface area (Å²) in [5, 5.41) is 27.4. The largest absolute Gasteiger partial charge is 0.400 e. The first-order valence-electron chi connectivity index (χ1n) is 23.0. The summed E-state index contributed by atoms with van der Waals surface area (Å²) in [6, 6.07) is 0. The van der Waals surface area contributed by atoms with Crippen molar-refractivity contribution in [2.24, 2.45) is 17.8 Å². The number of amides is 1. The molecule has 1 amide bonds. The van der Waals surface area contributed by atoms with E-state index >= 15 is 0 Å². The quantitative estimate of drug-likeness (QED) is 0.0375. The third-order valence-electron chi connectivity index (χ3n) is 9.02. The van der Waals surface area contributed by atoms with Crippen LogP contribution >= 0.6 is 0 Å². The Labute approximate surface area is 355 Å². The minimum absolute atomic E-state index is 0.0590. The second-order valence-corrected chi connectivity index (χ2v) is 15.6. The van der Waals surface area contributed by atoms with Crippen molar-refractivity contribution in [1.29, 1.82) is 0 Å². The Morgan fingerprint density at radius 2 is 1.33 bits per heavy atom. The van der Waals surface area contributed by atoms with Crippen molar-refractivity contribution in [1.82, 2.24) is 10.2 Å². The maximum Gasteiger partial charge on any atom is 0.223 e. The van der Waals surface area contributed by atoms with Gasteiger partial charge in [0.25, 0.3) is 0 Å². The van der Waals surface area contributed by atoms with E-state index in [0.717, 1.165) is 57.9 Å². The van der Waals surface area contributed by atoms with Gasteiger partial charge in [-0.05, 0) is 84.2 Å². The number of aliphatic hydroxyl groups excluding tert-OH is 2. The first kappa shape index (κ1) is 67.3. The monoisotopic (exact) mass is 823 g/mol. The predicted octanol–water partition coefficient (Wildman–Crippen LogP) is 10.2. The molecule has 2 unspecified atom stereocenters. The third kappa shape index (κ3) is 69.5. The number of hydrogen-bond donors (Lipinski definition) is 4. The first-order chi connectivity index (χ1) is 27.3. The number of unbranched alkanes of at least 4 members (excludes halogenated alkanes) is 10. The van der Waals surface area contributed by atoms with Gasteiger partial charge in [0.1, 0.15) is 12.6 Å². The minimum atomic E-state index is -0.700. The van der Waals surface area contributed by atoms with Crippen LogP contribution in [0.1, 0.15) is 197 Å². The molecule has 0 radical (unpaired) electrons. The van der Waals surface area contributed by atoms with Crippen LogP contribution in [0.3, 0.4) is 0 Å². The highest BCUT2D eigenvalue weighted by Crippen LogP contribution is 2.19. The molecule has 0 aliphatic carbocycles. The standard InChI is InChI=1S/C24H51NO.C10H17NO3.C5H12O2.C5H12O.C2H6.CH4O/c1-5-6-7-8-9-13-18-24(19-14-10-15-20-25-4)22-26-21-16-11-12-17-23(2)3;1-3-9(8-13)7-10(14)11(2)5-4-6-12;1-5(2,7)3-4-6;1-3-4-5-6-2;2*1-2/h23-25H,5-22H2,1-4H3;6,8-9H,3-5,7H2,1-2H3;6-7H,3-4H2,1-2H3;3-5H2,1-2H3;1-2H3;2H,1H3. The highest BCUT2D eigenvalue weighted by atomic mass is 16.5. The molecule has 2 atom stereocenters. The van der Waals surface area contributed by atoms with Crippen molar-refractivity contribution in [2.45, 2.75) is 203 Å². The van der Waals surface area contributed by atoms with E-state index in [0.29, 0.717) is 25.8 Å². The van der Waals surface area contributed by atoms with Gasteiger partial charge in [-0.1, -0.05) is 126 Å². The smallest absolute Gasteiger partial charge is 0.223 e. The van der Waals surface area contributed by atoms with E-state index in [9.17, 15) is 14.4 Å². The van der Waals surface area contributed by atoms with Crippen molar-refractivity contribution in [3.63, 3.8) is 0 Å². The zero-order valence-electron chi connectivity index (χ0n) is 40.3. The molecule has 0 aromatic heterocycles. The number of carbonyl (C=O) groups is 3. The van der Waals surface area contributed by atoms with Gasteiger partial charge in [-0.2, -0.15) is 0 Å². The average Bonchev–Trinajstić information content (AvgIpc) is 3.20. The number of rotatable bonds is 33. The highest BCUT2D eigenvalue weighted by molar-refractivity contribution is 5.79. The zero-order valence-corrected chi connectivity index (χ0v) is 40.3. The molecule has 0 aliphatic rings. The Balaban J connectivity index is -0.000000174. The van der Waals surface area contributed by atoms with E-state index in [4.69, 9.17) is 24.8 Å². The Kier molecular flexibility index (Phi) is 69.6. The molecule has 348 valence electrons. The van der Waals surface area contributed by atoms with Crippen molar-refractivity contribution >= 4 is 18.5 Å². The van der Waals surface area contributed by atoms with Gasteiger partial charge in [0.15, 0.2) is 0 Å². The van der Waals surface area contributed by atoms with Crippen molar-refractivity contribution in [2.75, 3.05) is 67.8 Å². The lowest BCUT2D eigenvalue weighted by Gasteiger charge is -2.17. The average molecular weight is 823 g/mol. The molecule has 0 bridgehead atoms. The molecule has 0 aliphatic heterocycles. The molecule has 0 spiro atoms. The molecule has 0 aromatic carbocycles. The number of methoxy groups -OCH3 is 1. The third-order valence-corrected chi connectivity index (χ3v) is 9.02. The number of aliphatic hydroxyl groups is 3. The van der Waals surface area contributed by atoms with Crippen LogP contribution in [-0.2, 0) is 23.9 Å². The Morgan fingerprint density at radius 1 is 0.807 bits per heavy atom. The van der Waals surface area contributed by atoms with Crippen molar-refractivity contribution < 1.29 is 39.2 Å². The SMILES string of the molecule is CC.CC(C)(O)CCO.CCC(C=O)CC(=O)N(C)CCC=O.CCCCCCCCC(CCCCCNC)COCCCCCC(C)C.CCCCOC.CO. The first-order valence-corrected chi connectivity index (χ1v) is 23.0. The summed E-state index contributed by atoms with van der Waals surface area (Å²) in [4.78, 5) is 33.5. The Bertz CT molecular complexity index is 731. The van der Waals surface area contributed by atoms with Crippen LogP contribution in [0.15, 0.2) is 0 Å². The predicted molar refractivity (Wildman–Crippen MR) is 245 cm³/mol. The van der Waals surface area contributed by atoms with E-state index in [2.05, 4.69) is 40.1 Å². The van der Waals surface area contributed by atoms with E-state index in [1.54, 1.807) is 28.0 Å². The lowest BCUT2D eigenvalue weighted by atomic mass is 9.95. The lowest BCUT2D eigenvalue weighted by Crippen LogP contribution is -2.29. The molecule has 0 saturated carbocycles. The second-order valence-electron chi connectivity index (χ2n) is 15.6. The number of nitrogens with zero attached hydrogens (tertiary/aromatic N) is 1. The van der Waals surface area contributed by atoms with Gasteiger partial charge in [0, 0.05) is 73.0 Å². The fourth-order valence-electron chi connectivity index (χ4n) is 5.22. The van der Waals surface area contributed by atoms with E-state index < -0.39 is 5.60 Å². The molecule has 0 heterocycles. The van der Waals surface area contributed by atoms with Crippen molar-refractivity contribution in [3.05, 3.63) is 0 Å². The summed E-state index contributed by atoms with van der Waals surface area (Å²) >= 11 is 0. The van der Waals surface area contributed by atoms with Gasteiger partial charge < -0.3 is 44.6 Å². The van der Waals surface area contributed by atoms with Gasteiger partial charge >= 0.3 is 0 Å². The van der Waals surface area contributed by atoms with Gasteiger partial charge in [0.2, 0.25) is 5.91 Å². The molecule has 4 N–H and O–H groups in total. The summed E-state index contributed by atoms with van der Waals surface area (Å²) in [6.45, 7) is 22.8. The van der Waals surface area contributed by atoms with E-state index in [-0.39, 0.29) is 24.9 Å². The van der Waals surface area contributed by atoms with Crippen LogP contribution in [-0.4, -0.2) is 112 Å². The second kappa shape index (κ2) is 58.9. The molecule has 0 aromatic rings. The minimum Gasteiger partial charge on any atom is -0.400 e.